The van der Waals surface area contributed by atoms with E-state index >= 15 is 0 Å². The summed E-state index contributed by atoms with van der Waals surface area (Å²) in [5.41, 5.74) is 2.89. The molecule has 0 radical (unpaired) electrons. The number of rotatable bonds is 6. The lowest BCUT2D eigenvalue weighted by Crippen LogP contribution is -2.40. The van der Waals surface area contributed by atoms with E-state index in [-0.39, 0.29) is 0 Å². The van der Waals surface area contributed by atoms with Crippen LogP contribution in [0.1, 0.15) is 18.1 Å². The van der Waals surface area contributed by atoms with Crippen molar-refractivity contribution in [3.63, 3.8) is 0 Å². The summed E-state index contributed by atoms with van der Waals surface area (Å²) < 4.78 is 5.34. The van der Waals surface area contributed by atoms with E-state index in [0.717, 1.165) is 52.4 Å². The molecule has 100 valence electrons. The molecule has 18 heavy (non-hydrogen) atoms. The molecule has 1 aliphatic heterocycles. The van der Waals surface area contributed by atoms with Gasteiger partial charge in [-0.05, 0) is 17.5 Å². The van der Waals surface area contributed by atoms with E-state index in [9.17, 15) is 0 Å². The SMILES string of the molecule is CCc1ccccc1CNCCN1CCOCC1. The largest absolute Gasteiger partial charge is 0.379 e. The van der Waals surface area contributed by atoms with Crippen molar-refractivity contribution in [2.45, 2.75) is 19.9 Å². The van der Waals surface area contributed by atoms with Crippen LogP contribution in [0.5, 0.6) is 0 Å². The summed E-state index contributed by atoms with van der Waals surface area (Å²) in [7, 11) is 0. The summed E-state index contributed by atoms with van der Waals surface area (Å²) >= 11 is 0. The van der Waals surface area contributed by atoms with Gasteiger partial charge in [0, 0.05) is 32.7 Å². The number of hydrogen-bond acceptors (Lipinski definition) is 3. The molecule has 0 unspecified atom stereocenters. The minimum Gasteiger partial charge on any atom is -0.379 e. The highest BCUT2D eigenvalue weighted by molar-refractivity contribution is 5.26. The van der Waals surface area contributed by atoms with E-state index in [2.05, 4.69) is 41.4 Å². The van der Waals surface area contributed by atoms with Crippen LogP contribution in [-0.4, -0.2) is 44.3 Å². The van der Waals surface area contributed by atoms with Gasteiger partial charge in [-0.1, -0.05) is 31.2 Å². The van der Waals surface area contributed by atoms with E-state index in [1.807, 2.05) is 0 Å². The fourth-order valence-corrected chi connectivity index (χ4v) is 2.36. The van der Waals surface area contributed by atoms with Crippen LogP contribution in [-0.2, 0) is 17.7 Å². The Balaban J connectivity index is 1.68. The molecule has 3 nitrogen and oxygen atoms in total. The molecule has 0 atom stereocenters. The monoisotopic (exact) mass is 248 g/mol. The second-order valence-electron chi connectivity index (χ2n) is 4.75. The summed E-state index contributed by atoms with van der Waals surface area (Å²) in [6.07, 6.45) is 1.11. The molecule has 0 aromatic heterocycles. The van der Waals surface area contributed by atoms with Gasteiger partial charge in [-0.2, -0.15) is 0 Å². The Morgan fingerprint density at radius 2 is 1.89 bits per heavy atom. The summed E-state index contributed by atoms with van der Waals surface area (Å²) in [5.74, 6) is 0. The van der Waals surface area contributed by atoms with Crippen LogP contribution in [0.25, 0.3) is 0 Å². The Morgan fingerprint density at radius 1 is 1.17 bits per heavy atom. The van der Waals surface area contributed by atoms with Gasteiger partial charge >= 0.3 is 0 Å². The first-order valence-electron chi connectivity index (χ1n) is 6.97. The smallest absolute Gasteiger partial charge is 0.0594 e. The Labute approximate surface area is 110 Å². The number of ether oxygens (including phenoxy) is 1. The zero-order valence-corrected chi connectivity index (χ0v) is 11.3. The molecule has 0 aliphatic carbocycles. The number of benzene rings is 1. The predicted octanol–water partition coefficient (Wildman–Crippen LogP) is 1.67. The van der Waals surface area contributed by atoms with E-state index in [1.54, 1.807) is 0 Å². The molecular weight excluding hydrogens is 224 g/mol. The molecule has 1 N–H and O–H groups in total. The van der Waals surface area contributed by atoms with Crippen LogP contribution >= 0.6 is 0 Å². The van der Waals surface area contributed by atoms with Crippen LogP contribution < -0.4 is 5.32 Å². The third-order valence-electron chi connectivity index (χ3n) is 3.52. The van der Waals surface area contributed by atoms with Gasteiger partial charge in [0.2, 0.25) is 0 Å². The third kappa shape index (κ3) is 4.09. The molecule has 2 rings (SSSR count). The molecule has 1 aliphatic rings. The highest BCUT2D eigenvalue weighted by atomic mass is 16.5. The maximum absolute atomic E-state index is 5.34. The van der Waals surface area contributed by atoms with Crippen LogP contribution in [0, 0.1) is 0 Å². The van der Waals surface area contributed by atoms with Gasteiger partial charge in [0.25, 0.3) is 0 Å². The van der Waals surface area contributed by atoms with Crippen molar-refractivity contribution in [2.75, 3.05) is 39.4 Å². The van der Waals surface area contributed by atoms with Gasteiger partial charge in [-0.15, -0.1) is 0 Å². The number of hydrogen-bond donors (Lipinski definition) is 1. The highest BCUT2D eigenvalue weighted by Crippen LogP contribution is 2.08. The first-order chi connectivity index (χ1) is 8.90. The Hall–Kier alpha value is -0.900. The molecule has 0 amide bonds. The first kappa shape index (κ1) is 13.5. The Bertz CT molecular complexity index is 348. The van der Waals surface area contributed by atoms with Crippen molar-refractivity contribution >= 4 is 0 Å². The minimum atomic E-state index is 0.888. The van der Waals surface area contributed by atoms with Crippen molar-refractivity contribution in [3.05, 3.63) is 35.4 Å². The number of aryl methyl sites for hydroxylation is 1. The molecular formula is C15H24N2O. The Morgan fingerprint density at radius 3 is 2.61 bits per heavy atom. The molecule has 1 aromatic rings. The summed E-state index contributed by atoms with van der Waals surface area (Å²) in [6.45, 7) is 9.30. The van der Waals surface area contributed by atoms with E-state index < -0.39 is 0 Å². The molecule has 1 fully saturated rings. The molecule has 0 bridgehead atoms. The van der Waals surface area contributed by atoms with Gasteiger partial charge in [0.05, 0.1) is 13.2 Å². The topological polar surface area (TPSA) is 24.5 Å². The number of nitrogens with zero attached hydrogens (tertiary/aromatic N) is 1. The number of morpholine rings is 1. The standard InChI is InChI=1S/C15H24N2O/c1-2-14-5-3-4-6-15(14)13-16-7-8-17-9-11-18-12-10-17/h3-6,16H,2,7-13H2,1H3. The molecule has 0 spiro atoms. The predicted molar refractivity (Wildman–Crippen MR) is 74.8 cm³/mol. The highest BCUT2D eigenvalue weighted by Gasteiger charge is 2.09. The van der Waals surface area contributed by atoms with Crippen molar-refractivity contribution in [2.24, 2.45) is 0 Å². The van der Waals surface area contributed by atoms with Crippen molar-refractivity contribution in [1.29, 1.82) is 0 Å². The average Bonchev–Trinajstić information content (AvgIpc) is 2.45. The maximum Gasteiger partial charge on any atom is 0.0594 e. The normalized spacial score (nSPS) is 16.9. The van der Waals surface area contributed by atoms with E-state index in [0.29, 0.717) is 0 Å². The van der Waals surface area contributed by atoms with E-state index in [1.165, 1.54) is 11.1 Å². The van der Waals surface area contributed by atoms with Crippen molar-refractivity contribution < 1.29 is 4.74 Å². The van der Waals surface area contributed by atoms with Crippen LogP contribution in [0.15, 0.2) is 24.3 Å². The lowest BCUT2D eigenvalue weighted by atomic mass is 10.1. The second-order valence-corrected chi connectivity index (χ2v) is 4.75. The molecule has 3 heteroatoms. The lowest BCUT2D eigenvalue weighted by Gasteiger charge is -2.26. The fourth-order valence-electron chi connectivity index (χ4n) is 2.36. The molecule has 1 aromatic carbocycles. The van der Waals surface area contributed by atoms with Crippen LogP contribution in [0.4, 0.5) is 0 Å². The van der Waals surface area contributed by atoms with Gasteiger partial charge in [-0.3, -0.25) is 4.90 Å². The molecule has 0 saturated carbocycles. The quantitative estimate of drug-likeness (QED) is 0.775. The lowest BCUT2D eigenvalue weighted by molar-refractivity contribution is 0.0384. The van der Waals surface area contributed by atoms with Crippen LogP contribution in [0.2, 0.25) is 0 Å². The van der Waals surface area contributed by atoms with Crippen LogP contribution in [0.3, 0.4) is 0 Å². The molecule has 1 saturated heterocycles. The van der Waals surface area contributed by atoms with Gasteiger partial charge in [0.1, 0.15) is 0 Å². The average molecular weight is 248 g/mol. The Kier molecular flexibility index (Phi) is 5.65. The van der Waals surface area contributed by atoms with Gasteiger partial charge in [0.15, 0.2) is 0 Å². The summed E-state index contributed by atoms with van der Waals surface area (Å²) in [5, 5.41) is 3.54. The number of nitrogens with one attached hydrogen (secondary N) is 1. The summed E-state index contributed by atoms with van der Waals surface area (Å²) in [6, 6.07) is 8.69. The van der Waals surface area contributed by atoms with Gasteiger partial charge in [-0.25, -0.2) is 0 Å². The molecule has 1 heterocycles. The fraction of sp³-hybridized carbons (Fsp3) is 0.600. The first-order valence-corrected chi connectivity index (χ1v) is 6.97. The van der Waals surface area contributed by atoms with E-state index in [4.69, 9.17) is 4.74 Å². The minimum absolute atomic E-state index is 0.888. The third-order valence-corrected chi connectivity index (χ3v) is 3.52. The zero-order valence-electron chi connectivity index (χ0n) is 11.3. The maximum atomic E-state index is 5.34. The zero-order chi connectivity index (χ0) is 12.6. The summed E-state index contributed by atoms with van der Waals surface area (Å²) in [4.78, 5) is 2.46. The second kappa shape index (κ2) is 7.52. The van der Waals surface area contributed by atoms with Gasteiger partial charge < -0.3 is 10.1 Å². The van der Waals surface area contributed by atoms with Crippen molar-refractivity contribution in [3.8, 4) is 0 Å². The van der Waals surface area contributed by atoms with Crippen molar-refractivity contribution in [1.82, 2.24) is 10.2 Å².